The summed E-state index contributed by atoms with van der Waals surface area (Å²) in [5.41, 5.74) is 1.81. The lowest BCUT2D eigenvalue weighted by atomic mass is 10.2. The van der Waals surface area contributed by atoms with E-state index in [2.05, 4.69) is 20.1 Å². The molecule has 0 amide bonds. The molecule has 0 saturated carbocycles. The number of nitrogens with one attached hydrogen (secondary N) is 1. The lowest BCUT2D eigenvalue weighted by Gasteiger charge is -1.96. The molecular weight excluding hydrogens is 230 g/mol. The van der Waals surface area contributed by atoms with E-state index in [1.165, 1.54) is 0 Å². The highest BCUT2D eigenvalue weighted by molar-refractivity contribution is 5.90. The van der Waals surface area contributed by atoms with E-state index < -0.39 is 0 Å². The minimum Gasteiger partial charge on any atom is -0.377 e. The molecule has 0 radical (unpaired) electrons. The number of hydrogen-bond donors (Lipinski definition) is 1. The number of rotatable bonds is 3. The molecular formula is C12H13N5O. The third kappa shape index (κ3) is 1.67. The monoisotopic (exact) mass is 243 g/mol. The predicted molar refractivity (Wildman–Crippen MR) is 66.8 cm³/mol. The Labute approximate surface area is 104 Å². The number of methoxy groups -OCH3 is 1. The van der Waals surface area contributed by atoms with Gasteiger partial charge in [0.2, 0.25) is 0 Å². The van der Waals surface area contributed by atoms with Gasteiger partial charge in [-0.15, -0.1) is 0 Å². The fourth-order valence-corrected chi connectivity index (χ4v) is 1.94. The Morgan fingerprint density at radius 1 is 1.39 bits per heavy atom. The molecule has 0 atom stereocenters. The van der Waals surface area contributed by atoms with Gasteiger partial charge in [0.05, 0.1) is 0 Å². The van der Waals surface area contributed by atoms with Gasteiger partial charge in [-0.05, 0) is 12.1 Å². The number of ether oxygens (including phenoxy) is 1. The second-order valence-corrected chi connectivity index (χ2v) is 4.01. The van der Waals surface area contributed by atoms with E-state index in [-0.39, 0.29) is 0 Å². The van der Waals surface area contributed by atoms with Crippen LogP contribution in [0.5, 0.6) is 0 Å². The molecule has 6 nitrogen and oxygen atoms in total. The number of nitrogens with zero attached hydrogens (tertiary/aromatic N) is 4. The molecule has 92 valence electrons. The van der Waals surface area contributed by atoms with Crippen molar-refractivity contribution in [2.45, 2.75) is 6.61 Å². The van der Waals surface area contributed by atoms with Gasteiger partial charge in [0.25, 0.3) is 0 Å². The van der Waals surface area contributed by atoms with Crippen LogP contribution < -0.4 is 0 Å². The van der Waals surface area contributed by atoms with Crippen molar-refractivity contribution in [2.75, 3.05) is 7.11 Å². The van der Waals surface area contributed by atoms with Crippen molar-refractivity contribution < 1.29 is 4.74 Å². The average molecular weight is 243 g/mol. The van der Waals surface area contributed by atoms with Crippen molar-refractivity contribution in [3.05, 3.63) is 30.4 Å². The summed E-state index contributed by atoms with van der Waals surface area (Å²) in [5.74, 6) is 1.49. The molecule has 1 N–H and O–H groups in total. The topological polar surface area (TPSA) is 68.6 Å². The molecule has 0 aliphatic heterocycles. The summed E-state index contributed by atoms with van der Waals surface area (Å²) in [7, 11) is 3.51. The van der Waals surface area contributed by atoms with Crippen molar-refractivity contribution in [2.24, 2.45) is 7.05 Å². The molecule has 3 aromatic heterocycles. The fourth-order valence-electron chi connectivity index (χ4n) is 1.94. The van der Waals surface area contributed by atoms with Crippen LogP contribution in [-0.2, 0) is 18.4 Å². The van der Waals surface area contributed by atoms with Crippen LogP contribution in [-0.4, -0.2) is 31.8 Å². The zero-order valence-electron chi connectivity index (χ0n) is 10.2. The molecule has 0 spiro atoms. The summed E-state index contributed by atoms with van der Waals surface area (Å²) in [6, 6.07) is 3.89. The van der Waals surface area contributed by atoms with Gasteiger partial charge in [0.15, 0.2) is 11.6 Å². The van der Waals surface area contributed by atoms with E-state index in [0.717, 1.165) is 22.4 Å². The average Bonchev–Trinajstić information content (AvgIpc) is 2.96. The summed E-state index contributed by atoms with van der Waals surface area (Å²) in [6.07, 6.45) is 3.61. The smallest absolute Gasteiger partial charge is 0.182 e. The van der Waals surface area contributed by atoms with Crippen LogP contribution in [0.15, 0.2) is 24.5 Å². The predicted octanol–water partition coefficient (Wildman–Crippen LogP) is 1.50. The Morgan fingerprint density at radius 2 is 2.28 bits per heavy atom. The van der Waals surface area contributed by atoms with Crippen LogP contribution in [0.25, 0.3) is 22.4 Å². The Kier molecular flexibility index (Phi) is 2.56. The molecule has 3 rings (SSSR count). The number of aromatic nitrogens is 5. The number of aromatic amines is 1. The van der Waals surface area contributed by atoms with Crippen molar-refractivity contribution in [3.63, 3.8) is 0 Å². The van der Waals surface area contributed by atoms with Crippen molar-refractivity contribution >= 4 is 11.0 Å². The first kappa shape index (κ1) is 10.9. The second-order valence-electron chi connectivity index (χ2n) is 4.01. The summed E-state index contributed by atoms with van der Waals surface area (Å²) < 4.78 is 6.82. The van der Waals surface area contributed by atoms with Crippen molar-refractivity contribution in [1.82, 2.24) is 24.7 Å². The van der Waals surface area contributed by atoms with Crippen molar-refractivity contribution in [1.29, 1.82) is 0 Å². The van der Waals surface area contributed by atoms with Gasteiger partial charge in [0.1, 0.15) is 12.3 Å². The Hall–Kier alpha value is -2.21. The molecule has 6 heteroatoms. The minimum atomic E-state index is 0.449. The summed E-state index contributed by atoms with van der Waals surface area (Å²) >= 11 is 0. The Bertz CT molecular complexity index is 685. The standard InChI is InChI=1S/C12H13N5O/c1-17-10(7-18-2)15-12(16-17)9-4-6-14-11-8(9)3-5-13-11/h3-6H,7H2,1-2H3,(H,13,14). The molecule has 0 bridgehead atoms. The molecule has 0 fully saturated rings. The first-order valence-electron chi connectivity index (χ1n) is 5.61. The largest absolute Gasteiger partial charge is 0.377 e. The van der Waals surface area contributed by atoms with Crippen LogP contribution >= 0.6 is 0 Å². The lowest BCUT2D eigenvalue weighted by Crippen LogP contribution is -2.00. The molecule has 0 aliphatic rings. The fraction of sp³-hybridized carbons (Fsp3) is 0.250. The van der Waals surface area contributed by atoms with E-state index in [4.69, 9.17) is 4.74 Å². The number of aryl methyl sites for hydroxylation is 1. The molecule has 0 saturated heterocycles. The Morgan fingerprint density at radius 3 is 3.11 bits per heavy atom. The zero-order chi connectivity index (χ0) is 12.5. The quantitative estimate of drug-likeness (QED) is 0.757. The van der Waals surface area contributed by atoms with Gasteiger partial charge >= 0.3 is 0 Å². The third-order valence-electron chi connectivity index (χ3n) is 2.83. The van der Waals surface area contributed by atoms with Gasteiger partial charge in [-0.1, -0.05) is 0 Å². The number of fused-ring (bicyclic) bond motifs is 1. The van der Waals surface area contributed by atoms with Crippen LogP contribution in [0.2, 0.25) is 0 Å². The molecule has 3 heterocycles. The van der Waals surface area contributed by atoms with Crippen LogP contribution in [0.1, 0.15) is 5.82 Å². The molecule has 3 aromatic rings. The normalized spacial score (nSPS) is 11.2. The zero-order valence-corrected chi connectivity index (χ0v) is 10.2. The van der Waals surface area contributed by atoms with E-state index in [9.17, 15) is 0 Å². The maximum atomic E-state index is 5.09. The van der Waals surface area contributed by atoms with Crippen LogP contribution in [0, 0.1) is 0 Å². The van der Waals surface area contributed by atoms with E-state index in [1.807, 2.05) is 25.4 Å². The molecule has 0 aliphatic carbocycles. The van der Waals surface area contributed by atoms with Gasteiger partial charge in [-0.2, -0.15) is 5.10 Å². The molecule has 0 aromatic carbocycles. The maximum absolute atomic E-state index is 5.09. The first-order valence-corrected chi connectivity index (χ1v) is 5.61. The van der Waals surface area contributed by atoms with Crippen molar-refractivity contribution in [3.8, 4) is 11.4 Å². The van der Waals surface area contributed by atoms with Gasteiger partial charge in [0, 0.05) is 37.5 Å². The SMILES string of the molecule is COCc1nc(-c2ccnc3[nH]ccc23)nn1C. The highest BCUT2D eigenvalue weighted by Crippen LogP contribution is 2.24. The second kappa shape index (κ2) is 4.23. The number of hydrogen-bond acceptors (Lipinski definition) is 4. The molecule has 18 heavy (non-hydrogen) atoms. The van der Waals surface area contributed by atoms with Crippen LogP contribution in [0.4, 0.5) is 0 Å². The maximum Gasteiger partial charge on any atom is 0.182 e. The van der Waals surface area contributed by atoms with E-state index >= 15 is 0 Å². The summed E-state index contributed by atoms with van der Waals surface area (Å²) in [6.45, 7) is 0.449. The van der Waals surface area contributed by atoms with Gasteiger partial charge < -0.3 is 9.72 Å². The number of pyridine rings is 1. The third-order valence-corrected chi connectivity index (χ3v) is 2.83. The van der Waals surface area contributed by atoms with Gasteiger partial charge in [-0.25, -0.2) is 9.97 Å². The highest BCUT2D eigenvalue weighted by atomic mass is 16.5. The van der Waals surface area contributed by atoms with Crippen LogP contribution in [0.3, 0.4) is 0 Å². The van der Waals surface area contributed by atoms with Gasteiger partial charge in [-0.3, -0.25) is 4.68 Å². The summed E-state index contributed by atoms with van der Waals surface area (Å²) in [5, 5.41) is 5.43. The van der Waals surface area contributed by atoms with E-state index in [0.29, 0.717) is 12.4 Å². The minimum absolute atomic E-state index is 0.449. The highest BCUT2D eigenvalue weighted by Gasteiger charge is 2.12. The molecule has 0 unspecified atom stereocenters. The van der Waals surface area contributed by atoms with E-state index in [1.54, 1.807) is 18.0 Å². The first-order chi connectivity index (χ1) is 8.79. The summed E-state index contributed by atoms with van der Waals surface area (Å²) in [4.78, 5) is 11.8. The number of H-pyrrole nitrogens is 1. The lowest BCUT2D eigenvalue weighted by molar-refractivity contribution is 0.174. The Balaban J connectivity index is 2.14.